The SMILES string of the molecule is CCc1ccc([S+](C(C)C)C(C)C)c2cc(O)ccc12.O=S(=O)([O-])C(F)(F)F. The van der Waals surface area contributed by atoms with Crippen molar-refractivity contribution in [2.45, 2.75) is 61.9 Å². The Balaban J connectivity index is 0.000000416. The predicted molar refractivity (Wildman–Crippen MR) is 107 cm³/mol. The van der Waals surface area contributed by atoms with E-state index in [1.165, 1.54) is 21.2 Å². The van der Waals surface area contributed by atoms with E-state index in [1.807, 2.05) is 6.07 Å². The molecule has 0 saturated heterocycles. The molecule has 158 valence electrons. The highest BCUT2D eigenvalue weighted by atomic mass is 32.2. The Kier molecular flexibility index (Phi) is 8.22. The number of phenols is 1. The summed E-state index contributed by atoms with van der Waals surface area (Å²) in [5.74, 6) is 0.364. The first-order valence-electron chi connectivity index (χ1n) is 8.69. The number of alkyl halides is 3. The van der Waals surface area contributed by atoms with Crippen molar-refractivity contribution in [1.82, 2.24) is 0 Å². The van der Waals surface area contributed by atoms with E-state index in [1.54, 1.807) is 6.07 Å². The standard InChI is InChI=1S/C18H24OS.CHF3O3S/c1-6-14-7-10-18(20(12(2)3)13(4)5)17-11-15(19)8-9-16(14)17;2-1(3,4)8(5,6)7/h7-13H,6H2,1-5H3;(H,5,6,7). The fourth-order valence-electron chi connectivity index (χ4n) is 2.94. The predicted octanol–water partition coefficient (Wildman–Crippen LogP) is 4.95. The summed E-state index contributed by atoms with van der Waals surface area (Å²) in [6, 6.07) is 10.3. The molecular formula is C19H25F3O4S2. The number of benzene rings is 2. The van der Waals surface area contributed by atoms with Crippen LogP contribution in [0.4, 0.5) is 13.2 Å². The maximum absolute atomic E-state index is 10.7. The van der Waals surface area contributed by atoms with Crippen LogP contribution in [-0.4, -0.2) is 34.1 Å². The summed E-state index contributed by atoms with van der Waals surface area (Å²) in [6.45, 7) is 11.4. The van der Waals surface area contributed by atoms with E-state index < -0.39 is 15.6 Å². The molecule has 0 amide bonds. The van der Waals surface area contributed by atoms with E-state index in [2.05, 4.69) is 52.8 Å². The van der Waals surface area contributed by atoms with Crippen molar-refractivity contribution in [3.63, 3.8) is 0 Å². The van der Waals surface area contributed by atoms with Crippen molar-refractivity contribution in [3.8, 4) is 5.75 Å². The molecule has 0 spiro atoms. The second-order valence-corrected chi connectivity index (χ2v) is 11.1. The number of rotatable bonds is 4. The zero-order valence-electron chi connectivity index (χ0n) is 16.4. The second-order valence-electron chi connectivity index (χ2n) is 6.68. The lowest BCUT2D eigenvalue weighted by Crippen LogP contribution is -2.24. The zero-order valence-corrected chi connectivity index (χ0v) is 18.0. The van der Waals surface area contributed by atoms with E-state index >= 15 is 0 Å². The quantitative estimate of drug-likeness (QED) is 0.416. The molecule has 1 N–H and O–H groups in total. The first-order valence-corrected chi connectivity index (χ1v) is 11.4. The summed E-state index contributed by atoms with van der Waals surface area (Å²) in [5.41, 5.74) is -4.28. The summed E-state index contributed by atoms with van der Waals surface area (Å²) in [6.07, 6.45) is 1.03. The molecule has 0 aliphatic heterocycles. The highest BCUT2D eigenvalue weighted by Crippen LogP contribution is 2.34. The lowest BCUT2D eigenvalue weighted by Gasteiger charge is -2.18. The molecule has 0 aromatic heterocycles. The van der Waals surface area contributed by atoms with Gasteiger partial charge in [-0.2, -0.15) is 13.2 Å². The van der Waals surface area contributed by atoms with Crippen LogP contribution in [0.2, 0.25) is 0 Å². The summed E-state index contributed by atoms with van der Waals surface area (Å²) >= 11 is 0. The molecule has 28 heavy (non-hydrogen) atoms. The van der Waals surface area contributed by atoms with Gasteiger partial charge >= 0.3 is 5.51 Å². The van der Waals surface area contributed by atoms with E-state index in [0.29, 0.717) is 16.2 Å². The summed E-state index contributed by atoms with van der Waals surface area (Å²) in [7, 11) is -5.89. The summed E-state index contributed by atoms with van der Waals surface area (Å²) < 4.78 is 58.9. The number of halogens is 3. The molecule has 0 saturated carbocycles. The van der Waals surface area contributed by atoms with Gasteiger partial charge in [0, 0.05) is 16.3 Å². The van der Waals surface area contributed by atoms with Gasteiger partial charge in [-0.1, -0.05) is 19.1 Å². The highest BCUT2D eigenvalue weighted by Gasteiger charge is 2.37. The molecule has 0 unspecified atom stereocenters. The second kappa shape index (κ2) is 9.37. The molecule has 0 aliphatic carbocycles. The molecule has 0 radical (unpaired) electrons. The van der Waals surface area contributed by atoms with Gasteiger partial charge in [0.15, 0.2) is 15.0 Å². The van der Waals surface area contributed by atoms with Gasteiger partial charge in [0.1, 0.15) is 16.2 Å². The summed E-state index contributed by atoms with van der Waals surface area (Å²) in [4.78, 5) is 1.40. The van der Waals surface area contributed by atoms with Gasteiger partial charge in [0.05, 0.1) is 0 Å². The maximum atomic E-state index is 10.7. The summed E-state index contributed by atoms with van der Waals surface area (Å²) in [5, 5.41) is 13.6. The topological polar surface area (TPSA) is 77.4 Å². The van der Waals surface area contributed by atoms with Crippen molar-refractivity contribution in [2.75, 3.05) is 0 Å². The molecule has 0 fully saturated rings. The van der Waals surface area contributed by atoms with E-state index in [9.17, 15) is 18.3 Å². The first-order chi connectivity index (χ1) is 12.7. The van der Waals surface area contributed by atoms with Gasteiger partial charge in [-0.3, -0.25) is 0 Å². The Labute approximate surface area is 166 Å². The lowest BCUT2D eigenvalue weighted by atomic mass is 10.0. The minimum atomic E-state index is -6.09. The minimum Gasteiger partial charge on any atom is -0.741 e. The van der Waals surface area contributed by atoms with Crippen molar-refractivity contribution < 1.29 is 31.2 Å². The van der Waals surface area contributed by atoms with Gasteiger partial charge in [-0.15, -0.1) is 0 Å². The number of aryl methyl sites for hydroxylation is 1. The maximum Gasteiger partial charge on any atom is 0.485 e. The van der Waals surface area contributed by atoms with Gasteiger partial charge in [-0.25, -0.2) is 8.42 Å². The number of hydrogen-bond acceptors (Lipinski definition) is 4. The van der Waals surface area contributed by atoms with Gasteiger partial charge < -0.3 is 9.66 Å². The van der Waals surface area contributed by atoms with Gasteiger partial charge in [0.25, 0.3) is 0 Å². The molecule has 2 aromatic carbocycles. The van der Waals surface area contributed by atoms with Crippen molar-refractivity contribution in [3.05, 3.63) is 35.9 Å². The van der Waals surface area contributed by atoms with Crippen LogP contribution in [-0.2, 0) is 27.4 Å². The van der Waals surface area contributed by atoms with Crippen LogP contribution in [0.25, 0.3) is 10.8 Å². The van der Waals surface area contributed by atoms with Crippen molar-refractivity contribution in [1.29, 1.82) is 0 Å². The Bertz CT molecular complexity index is 899. The van der Waals surface area contributed by atoms with E-state index in [-0.39, 0.29) is 10.9 Å². The third-order valence-corrected chi connectivity index (χ3v) is 7.45. The van der Waals surface area contributed by atoms with Crippen LogP contribution < -0.4 is 0 Å². The largest absolute Gasteiger partial charge is 0.741 e. The lowest BCUT2D eigenvalue weighted by molar-refractivity contribution is -0.0517. The van der Waals surface area contributed by atoms with Crippen molar-refractivity contribution >= 4 is 31.8 Å². The Morgan fingerprint density at radius 2 is 1.54 bits per heavy atom. The monoisotopic (exact) mass is 438 g/mol. The van der Waals surface area contributed by atoms with Crippen LogP contribution in [0, 0.1) is 0 Å². The average molecular weight is 439 g/mol. The highest BCUT2D eigenvalue weighted by molar-refractivity contribution is 7.98. The molecule has 2 rings (SSSR count). The Hall–Kier alpha value is -1.45. The smallest absolute Gasteiger partial charge is 0.485 e. The van der Waals surface area contributed by atoms with E-state index in [4.69, 9.17) is 13.0 Å². The Morgan fingerprint density at radius 3 is 1.93 bits per heavy atom. The Morgan fingerprint density at radius 1 is 1.04 bits per heavy atom. The van der Waals surface area contributed by atoms with Crippen LogP contribution in [0.5, 0.6) is 5.75 Å². The molecule has 0 heterocycles. The van der Waals surface area contributed by atoms with Crippen molar-refractivity contribution in [2.24, 2.45) is 0 Å². The fraction of sp³-hybridized carbons (Fsp3) is 0.474. The molecule has 0 bridgehead atoms. The number of phenolic OH excluding ortho intramolecular Hbond substituents is 1. The normalized spacial score (nSPS) is 12.6. The fourth-order valence-corrected chi connectivity index (χ4v) is 5.69. The average Bonchev–Trinajstić information content (AvgIpc) is 2.53. The molecule has 2 aromatic rings. The molecular weight excluding hydrogens is 413 g/mol. The van der Waals surface area contributed by atoms with Crippen LogP contribution in [0.3, 0.4) is 0 Å². The number of hydrogen-bond donors (Lipinski definition) is 1. The van der Waals surface area contributed by atoms with Crippen LogP contribution in [0.1, 0.15) is 40.2 Å². The zero-order chi connectivity index (χ0) is 21.9. The number of aromatic hydroxyl groups is 1. The minimum absolute atomic E-state index is 0.204. The van der Waals surface area contributed by atoms with Gasteiger partial charge in [-0.05, 0) is 63.3 Å². The molecule has 4 nitrogen and oxygen atoms in total. The molecule has 0 aliphatic rings. The van der Waals surface area contributed by atoms with Crippen LogP contribution >= 0.6 is 0 Å². The third kappa shape index (κ3) is 6.02. The third-order valence-electron chi connectivity index (χ3n) is 3.98. The molecule has 0 atom stereocenters. The van der Waals surface area contributed by atoms with Crippen LogP contribution in [0.15, 0.2) is 35.2 Å². The first kappa shape index (κ1) is 24.6. The van der Waals surface area contributed by atoms with E-state index in [0.717, 1.165) is 6.42 Å². The molecule has 9 heteroatoms. The number of fused-ring (bicyclic) bond motifs is 1. The van der Waals surface area contributed by atoms with Gasteiger partial charge in [0.2, 0.25) is 0 Å².